The van der Waals surface area contributed by atoms with Crippen molar-refractivity contribution < 1.29 is 19.4 Å². The highest BCUT2D eigenvalue weighted by molar-refractivity contribution is 6.30. The molecule has 8 heteroatoms. The minimum Gasteiger partial charge on any atom is -0.481 e. The van der Waals surface area contributed by atoms with Crippen LogP contribution in [0.25, 0.3) is 11.0 Å². The fourth-order valence-corrected chi connectivity index (χ4v) is 3.01. The number of nitrogens with zero attached hydrogens (tertiary/aromatic N) is 1. The molecule has 0 aliphatic heterocycles. The number of esters is 1. The molecule has 0 spiro atoms. The van der Waals surface area contributed by atoms with Crippen molar-refractivity contribution in [2.75, 3.05) is 7.11 Å². The Hall–Kier alpha value is -2.57. The number of benzene rings is 2. The summed E-state index contributed by atoms with van der Waals surface area (Å²) in [4.78, 5) is 30.6. The first-order valence-electron chi connectivity index (χ1n) is 8.00. The molecule has 1 heterocycles. The lowest BCUT2D eigenvalue weighted by atomic mass is 9.92. The molecule has 0 aliphatic carbocycles. The number of hydrogen-bond donors (Lipinski definition) is 2. The van der Waals surface area contributed by atoms with Crippen LogP contribution in [-0.4, -0.2) is 34.1 Å². The van der Waals surface area contributed by atoms with Crippen LogP contribution in [0.5, 0.6) is 0 Å². The highest BCUT2D eigenvalue weighted by Crippen LogP contribution is 2.26. The molecule has 1 aromatic heterocycles. The van der Waals surface area contributed by atoms with Crippen LogP contribution in [-0.2, 0) is 16.0 Å². The van der Waals surface area contributed by atoms with E-state index in [0.717, 1.165) is 11.1 Å². The van der Waals surface area contributed by atoms with Crippen LogP contribution in [0.2, 0.25) is 5.02 Å². The Morgan fingerprint density at radius 1 is 1.22 bits per heavy atom. The SMILES string of the molecule is COC(=O)c1ccc2[nH]c(CC(CC(=O)O)c3ccc(Cl)cc3)nc2c1.Cl. The first kappa shape index (κ1) is 20.7. The van der Waals surface area contributed by atoms with Gasteiger partial charge in [-0.25, -0.2) is 9.78 Å². The largest absolute Gasteiger partial charge is 0.481 e. The number of methoxy groups -OCH3 is 1. The van der Waals surface area contributed by atoms with Gasteiger partial charge in [-0.1, -0.05) is 23.7 Å². The molecule has 0 aliphatic rings. The predicted molar refractivity (Wildman–Crippen MR) is 105 cm³/mol. The summed E-state index contributed by atoms with van der Waals surface area (Å²) in [6, 6.07) is 12.2. The predicted octanol–water partition coefficient (Wildman–Crippen LogP) is 4.23. The molecule has 1 unspecified atom stereocenters. The average molecular weight is 409 g/mol. The van der Waals surface area contributed by atoms with E-state index in [1.807, 2.05) is 12.1 Å². The quantitative estimate of drug-likeness (QED) is 0.595. The van der Waals surface area contributed by atoms with Crippen LogP contribution in [0, 0.1) is 0 Å². The van der Waals surface area contributed by atoms with Crippen molar-refractivity contribution in [1.29, 1.82) is 0 Å². The van der Waals surface area contributed by atoms with Crippen LogP contribution in [0.3, 0.4) is 0 Å². The zero-order valence-corrected chi connectivity index (χ0v) is 16.0. The van der Waals surface area contributed by atoms with Gasteiger partial charge in [0, 0.05) is 17.4 Å². The number of rotatable bonds is 6. The van der Waals surface area contributed by atoms with Crippen LogP contribution in [0.15, 0.2) is 42.5 Å². The van der Waals surface area contributed by atoms with Gasteiger partial charge in [-0.15, -0.1) is 12.4 Å². The van der Waals surface area contributed by atoms with Gasteiger partial charge in [0.05, 0.1) is 30.1 Å². The number of imidazole rings is 1. The summed E-state index contributed by atoms with van der Waals surface area (Å²) in [5, 5.41) is 9.83. The minimum absolute atomic E-state index is 0. The Bertz CT molecular complexity index is 954. The number of aromatic nitrogens is 2. The molecule has 2 aromatic carbocycles. The molecule has 142 valence electrons. The molecule has 3 rings (SSSR count). The number of nitrogens with one attached hydrogen (secondary N) is 1. The summed E-state index contributed by atoms with van der Waals surface area (Å²) in [6.07, 6.45) is 0.405. The van der Waals surface area contributed by atoms with Gasteiger partial charge < -0.3 is 14.8 Å². The fraction of sp³-hybridized carbons (Fsp3) is 0.211. The number of carboxylic acids is 1. The number of H-pyrrole nitrogens is 1. The summed E-state index contributed by atoms with van der Waals surface area (Å²) in [5.74, 6) is -0.899. The van der Waals surface area contributed by atoms with Gasteiger partial charge in [0.25, 0.3) is 0 Å². The highest BCUT2D eigenvalue weighted by atomic mass is 35.5. The normalized spacial score (nSPS) is 11.6. The molecular weight excluding hydrogens is 391 g/mol. The van der Waals surface area contributed by atoms with Crippen LogP contribution >= 0.6 is 24.0 Å². The van der Waals surface area contributed by atoms with E-state index in [-0.39, 0.29) is 24.7 Å². The lowest BCUT2D eigenvalue weighted by Crippen LogP contribution is -2.10. The smallest absolute Gasteiger partial charge is 0.337 e. The molecule has 0 bridgehead atoms. The molecule has 0 fully saturated rings. The minimum atomic E-state index is -0.881. The number of aliphatic carboxylic acids is 1. The van der Waals surface area contributed by atoms with Crippen molar-refractivity contribution in [3.63, 3.8) is 0 Å². The second kappa shape index (κ2) is 8.88. The van der Waals surface area contributed by atoms with Crippen molar-refractivity contribution in [3.8, 4) is 0 Å². The van der Waals surface area contributed by atoms with Crippen molar-refractivity contribution in [3.05, 3.63) is 64.4 Å². The van der Waals surface area contributed by atoms with E-state index >= 15 is 0 Å². The van der Waals surface area contributed by atoms with E-state index in [1.54, 1.807) is 30.3 Å². The Morgan fingerprint density at radius 2 is 1.93 bits per heavy atom. The topological polar surface area (TPSA) is 92.3 Å². The van der Waals surface area contributed by atoms with Gasteiger partial charge >= 0.3 is 11.9 Å². The van der Waals surface area contributed by atoms with Gasteiger partial charge in [0.1, 0.15) is 5.82 Å². The maximum Gasteiger partial charge on any atom is 0.337 e. The summed E-state index contributed by atoms with van der Waals surface area (Å²) in [6.45, 7) is 0. The van der Waals surface area contributed by atoms with Crippen molar-refractivity contribution >= 4 is 47.0 Å². The number of hydrogen-bond acceptors (Lipinski definition) is 4. The second-order valence-corrected chi connectivity index (χ2v) is 6.39. The fourth-order valence-electron chi connectivity index (χ4n) is 2.89. The number of carboxylic acid groups (broad SMARTS) is 1. The van der Waals surface area contributed by atoms with Crippen LogP contribution < -0.4 is 0 Å². The zero-order chi connectivity index (χ0) is 18.7. The van der Waals surface area contributed by atoms with E-state index in [1.165, 1.54) is 7.11 Å². The van der Waals surface area contributed by atoms with Gasteiger partial charge in [-0.05, 0) is 35.9 Å². The first-order chi connectivity index (χ1) is 12.5. The van der Waals surface area contributed by atoms with Crippen molar-refractivity contribution in [2.24, 2.45) is 0 Å². The Labute approximate surface area is 166 Å². The third-order valence-corrected chi connectivity index (χ3v) is 4.41. The summed E-state index contributed by atoms with van der Waals surface area (Å²) >= 11 is 5.92. The Morgan fingerprint density at radius 3 is 2.56 bits per heavy atom. The van der Waals surface area contributed by atoms with E-state index in [0.29, 0.717) is 28.3 Å². The van der Waals surface area contributed by atoms with E-state index in [4.69, 9.17) is 16.3 Å². The van der Waals surface area contributed by atoms with Crippen molar-refractivity contribution in [1.82, 2.24) is 9.97 Å². The molecular formula is C19H18Cl2N2O4. The van der Waals surface area contributed by atoms with Gasteiger partial charge in [0.15, 0.2) is 0 Å². The highest BCUT2D eigenvalue weighted by Gasteiger charge is 2.19. The van der Waals surface area contributed by atoms with Gasteiger partial charge in [-0.2, -0.15) is 0 Å². The lowest BCUT2D eigenvalue weighted by Gasteiger charge is -2.14. The number of carbonyl (C=O) groups excluding carboxylic acids is 1. The molecule has 1 atom stereocenters. The summed E-state index contributed by atoms with van der Waals surface area (Å²) < 4.78 is 4.71. The first-order valence-corrected chi connectivity index (χ1v) is 8.38. The average Bonchev–Trinajstić information content (AvgIpc) is 3.02. The summed E-state index contributed by atoms with van der Waals surface area (Å²) in [5.41, 5.74) is 2.70. The van der Waals surface area contributed by atoms with E-state index in [9.17, 15) is 14.7 Å². The Balaban J connectivity index is 0.00000261. The van der Waals surface area contributed by atoms with Gasteiger partial charge in [-0.3, -0.25) is 4.79 Å². The maximum absolute atomic E-state index is 11.6. The zero-order valence-electron chi connectivity index (χ0n) is 14.4. The number of ether oxygens (including phenoxy) is 1. The third-order valence-electron chi connectivity index (χ3n) is 4.16. The van der Waals surface area contributed by atoms with Crippen LogP contribution in [0.1, 0.15) is 34.1 Å². The van der Waals surface area contributed by atoms with Crippen LogP contribution in [0.4, 0.5) is 0 Å². The molecule has 0 amide bonds. The third kappa shape index (κ3) is 4.99. The van der Waals surface area contributed by atoms with Gasteiger partial charge in [0.2, 0.25) is 0 Å². The molecule has 0 saturated heterocycles. The molecule has 6 nitrogen and oxygen atoms in total. The van der Waals surface area contributed by atoms with E-state index < -0.39 is 11.9 Å². The molecule has 27 heavy (non-hydrogen) atoms. The summed E-state index contributed by atoms with van der Waals surface area (Å²) in [7, 11) is 1.32. The maximum atomic E-state index is 11.6. The molecule has 0 saturated carbocycles. The standard InChI is InChI=1S/C19H17ClN2O4.ClH/c1-26-19(25)12-4-7-15-16(8-12)22-17(21-15)9-13(10-18(23)24)11-2-5-14(20)6-3-11;/h2-8,13H,9-10H2,1H3,(H,21,22)(H,23,24);1H. The monoisotopic (exact) mass is 408 g/mol. The molecule has 3 aromatic rings. The number of fused-ring (bicyclic) bond motifs is 1. The molecule has 2 N–H and O–H groups in total. The molecule has 0 radical (unpaired) electrons. The number of aromatic amines is 1. The number of carbonyl (C=O) groups is 2. The van der Waals surface area contributed by atoms with Crippen molar-refractivity contribution in [2.45, 2.75) is 18.8 Å². The Kier molecular flexibility index (Phi) is 6.82. The van der Waals surface area contributed by atoms with E-state index in [2.05, 4.69) is 9.97 Å². The lowest BCUT2D eigenvalue weighted by molar-refractivity contribution is -0.137. The number of halogens is 2. The second-order valence-electron chi connectivity index (χ2n) is 5.96.